The van der Waals surface area contributed by atoms with Crippen LogP contribution in [-0.4, -0.2) is 47.4 Å². The highest BCUT2D eigenvalue weighted by Gasteiger charge is 2.19. The lowest BCUT2D eigenvalue weighted by atomic mass is 10.0. The molecule has 0 spiro atoms. The van der Waals surface area contributed by atoms with E-state index < -0.39 is 12.1 Å². The molecule has 1 amide bonds. The molecule has 0 fully saturated rings. The van der Waals surface area contributed by atoms with Crippen LogP contribution < -0.4 is 5.32 Å². The molecule has 55 heavy (non-hydrogen) atoms. The maximum Gasteiger partial charge on any atom is 0.305 e. The SMILES string of the molecule is CCCCCCCCCCCCCCCCC(=O)OCCCCCCCC/C=C\C/C=C\CCC(=O)NC(CO)C(O)CCCCCCCCCCCCC. The zero-order valence-electron chi connectivity index (χ0n) is 36.7. The quantitative estimate of drug-likeness (QED) is 0.0325. The van der Waals surface area contributed by atoms with Gasteiger partial charge in [0.25, 0.3) is 0 Å². The Morgan fingerprint density at radius 2 is 0.927 bits per heavy atom. The molecule has 0 aliphatic rings. The standard InChI is InChI=1S/C49H93NO5/c1-3-5-7-9-11-13-15-16-19-23-27-31-35-39-43-49(54)55-44-40-36-32-28-24-20-17-18-22-26-30-34-38-42-48(53)50-46(45-51)47(52)41-37-33-29-25-21-14-12-10-8-6-4-2/h18,22,30,34,46-47,51-52H,3-17,19-21,23-29,31-33,35-45H2,1-2H3,(H,50,53)/b22-18-,34-30-. The molecule has 2 unspecified atom stereocenters. The van der Waals surface area contributed by atoms with Gasteiger partial charge >= 0.3 is 5.97 Å². The average Bonchev–Trinajstić information content (AvgIpc) is 3.18. The summed E-state index contributed by atoms with van der Waals surface area (Å²) in [6.45, 7) is 4.87. The number of hydrogen-bond donors (Lipinski definition) is 3. The first kappa shape index (κ1) is 53.3. The zero-order chi connectivity index (χ0) is 40.1. The largest absolute Gasteiger partial charge is 0.466 e. The van der Waals surface area contributed by atoms with Crippen molar-refractivity contribution in [3.63, 3.8) is 0 Å². The summed E-state index contributed by atoms with van der Waals surface area (Å²) in [5.74, 6) is -0.132. The lowest BCUT2D eigenvalue weighted by molar-refractivity contribution is -0.143. The van der Waals surface area contributed by atoms with Crippen LogP contribution >= 0.6 is 0 Å². The van der Waals surface area contributed by atoms with E-state index in [9.17, 15) is 19.8 Å². The van der Waals surface area contributed by atoms with E-state index in [1.54, 1.807) is 0 Å². The van der Waals surface area contributed by atoms with Crippen LogP contribution in [-0.2, 0) is 14.3 Å². The van der Waals surface area contributed by atoms with Crippen LogP contribution in [0.4, 0.5) is 0 Å². The third kappa shape index (κ3) is 41.8. The van der Waals surface area contributed by atoms with E-state index in [-0.39, 0.29) is 18.5 Å². The molecule has 0 aromatic carbocycles. The van der Waals surface area contributed by atoms with Crippen molar-refractivity contribution in [1.82, 2.24) is 5.32 Å². The van der Waals surface area contributed by atoms with E-state index in [1.165, 1.54) is 161 Å². The summed E-state index contributed by atoms with van der Waals surface area (Å²) < 4.78 is 5.44. The molecule has 6 nitrogen and oxygen atoms in total. The molecule has 0 saturated heterocycles. The second kappa shape index (κ2) is 45.0. The fraction of sp³-hybridized carbons (Fsp3) is 0.878. The van der Waals surface area contributed by atoms with E-state index in [0.717, 1.165) is 51.4 Å². The Kier molecular flexibility index (Phi) is 43.7. The van der Waals surface area contributed by atoms with E-state index in [2.05, 4.69) is 37.4 Å². The van der Waals surface area contributed by atoms with E-state index >= 15 is 0 Å². The summed E-state index contributed by atoms with van der Waals surface area (Å²) in [6, 6.07) is -0.583. The van der Waals surface area contributed by atoms with Crippen LogP contribution in [0.15, 0.2) is 24.3 Å². The Hall–Kier alpha value is -1.66. The van der Waals surface area contributed by atoms with Gasteiger partial charge in [-0.25, -0.2) is 0 Å². The Bertz CT molecular complexity index is 858. The average molecular weight is 776 g/mol. The van der Waals surface area contributed by atoms with Gasteiger partial charge in [0.2, 0.25) is 5.91 Å². The molecule has 0 aliphatic carbocycles. The number of aliphatic hydroxyl groups is 2. The number of nitrogens with one attached hydrogen (secondary N) is 1. The van der Waals surface area contributed by atoms with Gasteiger partial charge < -0.3 is 20.3 Å². The van der Waals surface area contributed by atoms with Crippen molar-refractivity contribution in [3.8, 4) is 0 Å². The van der Waals surface area contributed by atoms with Gasteiger partial charge in [-0.15, -0.1) is 0 Å². The fourth-order valence-corrected chi connectivity index (χ4v) is 7.28. The van der Waals surface area contributed by atoms with E-state index in [1.807, 2.05) is 6.08 Å². The van der Waals surface area contributed by atoms with Crippen LogP contribution in [0.25, 0.3) is 0 Å². The molecular weight excluding hydrogens is 683 g/mol. The minimum Gasteiger partial charge on any atom is -0.466 e. The molecule has 0 rings (SSSR count). The number of ether oxygens (including phenoxy) is 1. The number of unbranched alkanes of at least 4 members (excludes halogenated alkanes) is 29. The summed E-state index contributed by atoms with van der Waals surface area (Å²) in [5.41, 5.74) is 0. The first-order chi connectivity index (χ1) is 27.0. The minimum absolute atomic E-state index is 0.0154. The van der Waals surface area contributed by atoms with Crippen LogP contribution in [0.5, 0.6) is 0 Å². The maximum atomic E-state index is 12.4. The molecule has 0 saturated carbocycles. The lowest BCUT2D eigenvalue weighted by Crippen LogP contribution is -2.45. The predicted molar refractivity (Wildman–Crippen MR) is 236 cm³/mol. The third-order valence-electron chi connectivity index (χ3n) is 11.0. The summed E-state index contributed by atoms with van der Waals surface area (Å²) in [4.78, 5) is 24.4. The Labute approximate surface area is 341 Å². The number of rotatable bonds is 44. The van der Waals surface area contributed by atoms with Gasteiger partial charge in [0.05, 0.1) is 25.4 Å². The summed E-state index contributed by atoms with van der Waals surface area (Å²) >= 11 is 0. The normalized spacial score (nSPS) is 12.9. The van der Waals surface area contributed by atoms with Crippen molar-refractivity contribution in [3.05, 3.63) is 24.3 Å². The molecule has 0 bridgehead atoms. The number of hydrogen-bond acceptors (Lipinski definition) is 5. The number of aliphatic hydroxyl groups excluding tert-OH is 2. The van der Waals surface area contributed by atoms with Gasteiger partial charge in [0.15, 0.2) is 0 Å². The van der Waals surface area contributed by atoms with Crippen LogP contribution in [0, 0.1) is 0 Å². The van der Waals surface area contributed by atoms with Crippen molar-refractivity contribution in [2.45, 2.75) is 264 Å². The van der Waals surface area contributed by atoms with Gasteiger partial charge in [-0.2, -0.15) is 0 Å². The highest BCUT2D eigenvalue weighted by Crippen LogP contribution is 2.15. The first-order valence-corrected chi connectivity index (χ1v) is 24.1. The number of amides is 1. The van der Waals surface area contributed by atoms with E-state index in [0.29, 0.717) is 32.3 Å². The van der Waals surface area contributed by atoms with Gasteiger partial charge in [0, 0.05) is 12.8 Å². The molecule has 0 aliphatic heterocycles. The molecule has 2 atom stereocenters. The molecule has 6 heteroatoms. The van der Waals surface area contributed by atoms with Crippen molar-refractivity contribution in [1.29, 1.82) is 0 Å². The van der Waals surface area contributed by atoms with Crippen LogP contribution in [0.1, 0.15) is 251 Å². The Balaban J connectivity index is 3.54. The van der Waals surface area contributed by atoms with Gasteiger partial charge in [-0.3, -0.25) is 9.59 Å². The lowest BCUT2D eigenvalue weighted by Gasteiger charge is -2.22. The minimum atomic E-state index is -0.696. The molecule has 3 N–H and O–H groups in total. The third-order valence-corrected chi connectivity index (χ3v) is 11.0. The Morgan fingerprint density at radius 3 is 1.42 bits per heavy atom. The van der Waals surface area contributed by atoms with Crippen molar-refractivity contribution in [2.75, 3.05) is 13.2 Å². The summed E-state index contributed by atoms with van der Waals surface area (Å²) in [5, 5.41) is 23.0. The highest BCUT2D eigenvalue weighted by molar-refractivity contribution is 5.76. The molecule has 0 aromatic rings. The molecule has 324 valence electrons. The van der Waals surface area contributed by atoms with Gasteiger partial charge in [-0.1, -0.05) is 218 Å². The van der Waals surface area contributed by atoms with Crippen LogP contribution in [0.3, 0.4) is 0 Å². The topological polar surface area (TPSA) is 95.9 Å². The van der Waals surface area contributed by atoms with E-state index in [4.69, 9.17) is 4.74 Å². The smallest absolute Gasteiger partial charge is 0.305 e. The van der Waals surface area contributed by atoms with Gasteiger partial charge in [-0.05, 0) is 44.9 Å². The number of allylic oxidation sites excluding steroid dienone is 4. The number of carbonyl (C=O) groups is 2. The summed E-state index contributed by atoms with van der Waals surface area (Å²) in [7, 11) is 0. The van der Waals surface area contributed by atoms with Gasteiger partial charge in [0.1, 0.15) is 0 Å². The molecule has 0 radical (unpaired) electrons. The second-order valence-electron chi connectivity index (χ2n) is 16.4. The highest BCUT2D eigenvalue weighted by atomic mass is 16.5. The monoisotopic (exact) mass is 776 g/mol. The molecule has 0 aromatic heterocycles. The number of esters is 1. The predicted octanol–water partition coefficient (Wildman–Crippen LogP) is 14.0. The zero-order valence-corrected chi connectivity index (χ0v) is 36.7. The summed E-state index contributed by atoms with van der Waals surface area (Å²) in [6.07, 6.45) is 51.5. The maximum absolute atomic E-state index is 12.4. The van der Waals surface area contributed by atoms with Crippen molar-refractivity contribution >= 4 is 11.9 Å². The fourth-order valence-electron chi connectivity index (χ4n) is 7.28. The Morgan fingerprint density at radius 1 is 0.509 bits per heavy atom. The first-order valence-electron chi connectivity index (χ1n) is 24.1. The van der Waals surface area contributed by atoms with Crippen LogP contribution in [0.2, 0.25) is 0 Å². The molecular formula is C49H93NO5. The number of carbonyl (C=O) groups excluding carboxylic acids is 2. The molecule has 0 heterocycles. The van der Waals surface area contributed by atoms with Crippen molar-refractivity contribution < 1.29 is 24.5 Å². The van der Waals surface area contributed by atoms with Crippen molar-refractivity contribution in [2.24, 2.45) is 0 Å². The second-order valence-corrected chi connectivity index (χ2v) is 16.4.